The Kier molecular flexibility index (Phi) is 4.65. The summed E-state index contributed by atoms with van der Waals surface area (Å²) in [5.74, 6) is 0.815. The molecule has 1 unspecified atom stereocenters. The molecule has 0 fully saturated rings. The molecule has 1 aliphatic heterocycles. The Morgan fingerprint density at radius 3 is 2.94 bits per heavy atom. The second kappa shape index (κ2) is 5.57. The van der Waals surface area contributed by atoms with E-state index in [-0.39, 0.29) is 24.4 Å². The number of nitrogens with one attached hydrogen (secondary N) is 1. The van der Waals surface area contributed by atoms with Crippen LogP contribution in [0, 0.1) is 0 Å². The van der Waals surface area contributed by atoms with Crippen LogP contribution in [0.1, 0.15) is 18.5 Å². The van der Waals surface area contributed by atoms with Gasteiger partial charge in [-0.3, -0.25) is 4.79 Å². The number of carbonyl (C=O) groups excluding carboxylic acids is 1. The zero-order valence-electron chi connectivity index (χ0n) is 8.97. The minimum Gasteiger partial charge on any atom is -0.347 e. The van der Waals surface area contributed by atoms with E-state index in [1.165, 1.54) is 10.5 Å². The fourth-order valence-corrected chi connectivity index (χ4v) is 2.75. The Morgan fingerprint density at radius 2 is 2.25 bits per heavy atom. The van der Waals surface area contributed by atoms with E-state index in [0.29, 0.717) is 0 Å². The Balaban J connectivity index is 0.00000128. The van der Waals surface area contributed by atoms with Gasteiger partial charge in [-0.15, -0.1) is 24.2 Å². The lowest BCUT2D eigenvalue weighted by atomic mass is 10.1. The maximum atomic E-state index is 11.5. The molecule has 0 aromatic heterocycles. The first-order valence-corrected chi connectivity index (χ1v) is 5.94. The molecule has 2 rings (SSSR count). The van der Waals surface area contributed by atoms with Crippen LogP contribution in [0.5, 0.6) is 0 Å². The molecule has 3 nitrogen and oxygen atoms in total. The Morgan fingerprint density at radius 1 is 1.56 bits per heavy atom. The second-order valence-corrected chi connectivity index (χ2v) is 4.76. The zero-order valence-corrected chi connectivity index (χ0v) is 10.6. The Hall–Kier alpha value is -0.710. The number of fused-ring (bicyclic) bond motifs is 1. The van der Waals surface area contributed by atoms with Crippen molar-refractivity contribution >= 4 is 30.1 Å². The minimum absolute atomic E-state index is 0. The first kappa shape index (κ1) is 13.4. The van der Waals surface area contributed by atoms with Gasteiger partial charge in [0.2, 0.25) is 5.91 Å². The quantitative estimate of drug-likeness (QED) is 0.849. The van der Waals surface area contributed by atoms with E-state index < -0.39 is 6.04 Å². The maximum absolute atomic E-state index is 11.5. The molecule has 0 saturated heterocycles. The molecule has 0 aliphatic carbocycles. The Bertz CT molecular complexity index is 384. The van der Waals surface area contributed by atoms with Gasteiger partial charge < -0.3 is 11.1 Å². The SMILES string of the molecule is C[C@H](N)C(=O)NC1CSc2ccccc21.Cl. The maximum Gasteiger partial charge on any atom is 0.237 e. The van der Waals surface area contributed by atoms with E-state index in [4.69, 9.17) is 5.73 Å². The summed E-state index contributed by atoms with van der Waals surface area (Å²) in [5, 5.41) is 2.95. The molecule has 1 aromatic rings. The summed E-state index contributed by atoms with van der Waals surface area (Å²) < 4.78 is 0. The van der Waals surface area contributed by atoms with Crippen molar-refractivity contribution in [3.63, 3.8) is 0 Å². The van der Waals surface area contributed by atoms with Crippen LogP contribution in [0.4, 0.5) is 0 Å². The summed E-state index contributed by atoms with van der Waals surface area (Å²) in [7, 11) is 0. The van der Waals surface area contributed by atoms with Crippen LogP contribution in [0.15, 0.2) is 29.2 Å². The molecular weight excluding hydrogens is 244 g/mol. The predicted molar refractivity (Wildman–Crippen MR) is 68.9 cm³/mol. The summed E-state index contributed by atoms with van der Waals surface area (Å²) in [4.78, 5) is 12.7. The van der Waals surface area contributed by atoms with E-state index in [0.717, 1.165) is 5.75 Å². The number of rotatable bonds is 2. The van der Waals surface area contributed by atoms with Crippen LogP contribution in [0.25, 0.3) is 0 Å². The third-order valence-corrected chi connectivity index (χ3v) is 3.61. The average Bonchev–Trinajstić information content (AvgIpc) is 2.62. The number of carbonyl (C=O) groups is 1. The van der Waals surface area contributed by atoms with Gasteiger partial charge in [0.05, 0.1) is 12.1 Å². The summed E-state index contributed by atoms with van der Waals surface area (Å²) in [5.41, 5.74) is 6.72. The first-order chi connectivity index (χ1) is 7.18. The van der Waals surface area contributed by atoms with Crippen LogP contribution in [-0.4, -0.2) is 17.7 Å². The monoisotopic (exact) mass is 258 g/mol. The highest BCUT2D eigenvalue weighted by Gasteiger charge is 2.24. The highest BCUT2D eigenvalue weighted by molar-refractivity contribution is 7.99. The van der Waals surface area contributed by atoms with Crippen LogP contribution >= 0.6 is 24.2 Å². The van der Waals surface area contributed by atoms with Gasteiger partial charge in [0.1, 0.15) is 0 Å². The standard InChI is InChI=1S/C11H14N2OS.ClH/c1-7(12)11(14)13-9-6-15-10-5-3-2-4-8(9)10;/h2-5,7,9H,6,12H2,1H3,(H,13,14);1H/t7-,9?;/m0./s1. The summed E-state index contributed by atoms with van der Waals surface area (Å²) in [6, 6.07) is 7.82. The predicted octanol–water partition coefficient (Wildman–Crippen LogP) is 1.72. The van der Waals surface area contributed by atoms with Gasteiger partial charge in [-0.05, 0) is 18.6 Å². The van der Waals surface area contributed by atoms with E-state index in [2.05, 4.69) is 17.4 Å². The van der Waals surface area contributed by atoms with Crippen molar-refractivity contribution in [2.45, 2.75) is 23.9 Å². The fraction of sp³-hybridized carbons (Fsp3) is 0.364. The van der Waals surface area contributed by atoms with Crippen LogP contribution in [-0.2, 0) is 4.79 Å². The number of hydrogen-bond donors (Lipinski definition) is 2. The molecule has 1 aromatic carbocycles. The molecule has 0 saturated carbocycles. The highest BCUT2D eigenvalue weighted by atomic mass is 35.5. The van der Waals surface area contributed by atoms with Crippen molar-refractivity contribution < 1.29 is 4.79 Å². The molecule has 0 spiro atoms. The van der Waals surface area contributed by atoms with Crippen molar-refractivity contribution in [2.24, 2.45) is 5.73 Å². The molecule has 1 heterocycles. The van der Waals surface area contributed by atoms with Crippen molar-refractivity contribution in [2.75, 3.05) is 5.75 Å². The van der Waals surface area contributed by atoms with Crippen LogP contribution in [0.2, 0.25) is 0 Å². The number of nitrogens with two attached hydrogens (primary N) is 1. The lowest BCUT2D eigenvalue weighted by molar-refractivity contribution is -0.122. The second-order valence-electron chi connectivity index (χ2n) is 3.70. The molecule has 5 heteroatoms. The van der Waals surface area contributed by atoms with Gasteiger partial charge in [-0.25, -0.2) is 0 Å². The third kappa shape index (κ3) is 2.70. The highest BCUT2D eigenvalue weighted by Crippen LogP contribution is 2.37. The van der Waals surface area contributed by atoms with Crippen molar-refractivity contribution in [3.8, 4) is 0 Å². The number of hydrogen-bond acceptors (Lipinski definition) is 3. The van der Waals surface area contributed by atoms with Crippen LogP contribution < -0.4 is 11.1 Å². The van der Waals surface area contributed by atoms with Gasteiger partial charge in [-0.2, -0.15) is 0 Å². The smallest absolute Gasteiger partial charge is 0.237 e. The van der Waals surface area contributed by atoms with Gasteiger partial charge in [0.25, 0.3) is 0 Å². The van der Waals surface area contributed by atoms with E-state index in [1.807, 2.05) is 12.1 Å². The van der Waals surface area contributed by atoms with Gasteiger partial charge in [0, 0.05) is 10.6 Å². The normalized spacial score (nSPS) is 19.5. The molecular formula is C11H15ClN2OS. The summed E-state index contributed by atoms with van der Waals surface area (Å²) in [6.45, 7) is 1.70. The third-order valence-electron chi connectivity index (χ3n) is 2.43. The van der Waals surface area contributed by atoms with E-state index in [9.17, 15) is 4.79 Å². The molecule has 3 N–H and O–H groups in total. The Labute approximate surface area is 106 Å². The first-order valence-electron chi connectivity index (χ1n) is 4.96. The summed E-state index contributed by atoms with van der Waals surface area (Å²) >= 11 is 1.77. The van der Waals surface area contributed by atoms with Crippen molar-refractivity contribution in [1.29, 1.82) is 0 Å². The molecule has 1 aliphatic rings. The lowest BCUT2D eigenvalue weighted by Gasteiger charge is -2.14. The number of halogens is 1. The van der Waals surface area contributed by atoms with Gasteiger partial charge >= 0.3 is 0 Å². The van der Waals surface area contributed by atoms with Crippen molar-refractivity contribution in [1.82, 2.24) is 5.32 Å². The zero-order chi connectivity index (χ0) is 10.8. The minimum atomic E-state index is -0.442. The van der Waals surface area contributed by atoms with E-state index in [1.54, 1.807) is 18.7 Å². The molecule has 2 atom stereocenters. The topological polar surface area (TPSA) is 55.1 Å². The number of amides is 1. The largest absolute Gasteiger partial charge is 0.347 e. The van der Waals surface area contributed by atoms with Crippen molar-refractivity contribution in [3.05, 3.63) is 29.8 Å². The lowest BCUT2D eigenvalue weighted by Crippen LogP contribution is -2.40. The van der Waals surface area contributed by atoms with Gasteiger partial charge in [0.15, 0.2) is 0 Å². The molecule has 0 radical (unpaired) electrons. The molecule has 1 amide bonds. The fourth-order valence-electron chi connectivity index (χ4n) is 1.59. The number of thioether (sulfide) groups is 1. The van der Waals surface area contributed by atoms with Crippen LogP contribution in [0.3, 0.4) is 0 Å². The molecule has 88 valence electrons. The molecule has 16 heavy (non-hydrogen) atoms. The average molecular weight is 259 g/mol. The number of benzene rings is 1. The molecule has 0 bridgehead atoms. The summed E-state index contributed by atoms with van der Waals surface area (Å²) in [6.07, 6.45) is 0. The van der Waals surface area contributed by atoms with Gasteiger partial charge in [-0.1, -0.05) is 18.2 Å². The van der Waals surface area contributed by atoms with E-state index >= 15 is 0 Å².